The minimum absolute atomic E-state index is 0.585. The summed E-state index contributed by atoms with van der Waals surface area (Å²) in [6, 6.07) is 10.3. The van der Waals surface area contributed by atoms with Crippen LogP contribution in [-0.4, -0.2) is 19.9 Å². The molecular weight excluding hydrogens is 231 g/mol. The molecule has 0 aliphatic rings. The first-order valence-electron chi connectivity index (χ1n) is 6.11. The largest absolute Gasteiger partial charge is 0.376 e. The maximum atomic E-state index is 5.74. The van der Waals surface area contributed by atoms with Crippen molar-refractivity contribution in [3.63, 3.8) is 0 Å². The van der Waals surface area contributed by atoms with Gasteiger partial charge in [0.1, 0.15) is 0 Å². The highest BCUT2D eigenvalue weighted by Crippen LogP contribution is 2.21. The zero-order chi connectivity index (χ0) is 12.5. The minimum Gasteiger partial charge on any atom is -0.376 e. The Labute approximate surface area is 107 Å². The van der Waals surface area contributed by atoms with E-state index in [9.17, 15) is 0 Å². The Hall–Kier alpha value is -0.430. The standard InChI is InChI=1S/C14H23O2P/c1-12(13(2)11-17-15-3)9-16-10-14-7-5-4-6-8-14/h4-8,12-13,17H,9-11H2,1-3H3/t12-,13+/m1/s1. The molecule has 0 spiro atoms. The lowest BCUT2D eigenvalue weighted by Gasteiger charge is -2.19. The molecule has 0 fully saturated rings. The van der Waals surface area contributed by atoms with Crippen molar-refractivity contribution < 1.29 is 9.26 Å². The van der Waals surface area contributed by atoms with Gasteiger partial charge in [-0.3, -0.25) is 0 Å². The number of benzene rings is 1. The van der Waals surface area contributed by atoms with E-state index in [1.54, 1.807) is 7.11 Å². The molecule has 0 aromatic heterocycles. The molecule has 3 atom stereocenters. The van der Waals surface area contributed by atoms with Crippen molar-refractivity contribution in [3.05, 3.63) is 35.9 Å². The molecule has 0 saturated carbocycles. The lowest BCUT2D eigenvalue weighted by atomic mass is 9.99. The normalized spacial score (nSPS) is 15.2. The molecule has 17 heavy (non-hydrogen) atoms. The van der Waals surface area contributed by atoms with Gasteiger partial charge in [-0.1, -0.05) is 44.2 Å². The summed E-state index contributed by atoms with van der Waals surface area (Å²) in [6.45, 7) is 6.05. The Morgan fingerprint density at radius 2 is 1.82 bits per heavy atom. The number of hydrogen-bond acceptors (Lipinski definition) is 2. The van der Waals surface area contributed by atoms with Crippen LogP contribution in [0.1, 0.15) is 19.4 Å². The van der Waals surface area contributed by atoms with Gasteiger partial charge in [-0.15, -0.1) is 0 Å². The molecule has 0 heterocycles. The van der Waals surface area contributed by atoms with Crippen molar-refractivity contribution >= 4 is 8.81 Å². The van der Waals surface area contributed by atoms with E-state index in [0.717, 1.165) is 12.8 Å². The zero-order valence-corrected chi connectivity index (χ0v) is 12.0. The summed E-state index contributed by atoms with van der Waals surface area (Å²) in [5.41, 5.74) is 1.24. The van der Waals surface area contributed by atoms with Gasteiger partial charge in [0, 0.05) is 22.5 Å². The molecule has 3 heteroatoms. The molecule has 1 rings (SSSR count). The number of ether oxygens (including phenoxy) is 1. The lowest BCUT2D eigenvalue weighted by Crippen LogP contribution is -2.16. The molecule has 0 saturated heterocycles. The van der Waals surface area contributed by atoms with Crippen molar-refractivity contribution in [2.75, 3.05) is 19.9 Å². The monoisotopic (exact) mass is 254 g/mol. The maximum absolute atomic E-state index is 5.74. The van der Waals surface area contributed by atoms with Crippen LogP contribution in [0.3, 0.4) is 0 Å². The molecule has 0 amide bonds. The van der Waals surface area contributed by atoms with Gasteiger partial charge in [-0.25, -0.2) is 0 Å². The van der Waals surface area contributed by atoms with E-state index in [-0.39, 0.29) is 0 Å². The molecule has 96 valence electrons. The Morgan fingerprint density at radius 1 is 1.12 bits per heavy atom. The predicted octanol–water partition coefficient (Wildman–Crippen LogP) is 3.72. The first-order valence-corrected chi connectivity index (χ1v) is 7.23. The molecule has 0 bridgehead atoms. The quantitative estimate of drug-likeness (QED) is 0.658. The Bertz CT molecular complexity index is 290. The van der Waals surface area contributed by atoms with Crippen LogP contribution in [0.25, 0.3) is 0 Å². The van der Waals surface area contributed by atoms with Crippen LogP contribution in [0.4, 0.5) is 0 Å². The van der Waals surface area contributed by atoms with Crippen molar-refractivity contribution in [2.45, 2.75) is 20.5 Å². The summed E-state index contributed by atoms with van der Waals surface area (Å²) in [6.07, 6.45) is 1.13. The van der Waals surface area contributed by atoms with Crippen molar-refractivity contribution in [1.82, 2.24) is 0 Å². The van der Waals surface area contributed by atoms with Crippen molar-refractivity contribution in [1.29, 1.82) is 0 Å². The van der Waals surface area contributed by atoms with Gasteiger partial charge >= 0.3 is 0 Å². The highest BCUT2D eigenvalue weighted by Gasteiger charge is 2.12. The Kier molecular flexibility index (Phi) is 7.43. The second-order valence-corrected chi connectivity index (χ2v) is 5.61. The van der Waals surface area contributed by atoms with Crippen molar-refractivity contribution in [2.24, 2.45) is 11.8 Å². The lowest BCUT2D eigenvalue weighted by molar-refractivity contribution is 0.0784. The Balaban J connectivity index is 2.17. The molecule has 0 N–H and O–H groups in total. The van der Waals surface area contributed by atoms with Gasteiger partial charge in [-0.2, -0.15) is 0 Å². The van der Waals surface area contributed by atoms with E-state index in [2.05, 4.69) is 26.0 Å². The molecule has 1 aromatic carbocycles. The van der Waals surface area contributed by atoms with E-state index in [1.807, 2.05) is 18.2 Å². The van der Waals surface area contributed by atoms with Crippen molar-refractivity contribution in [3.8, 4) is 0 Å². The van der Waals surface area contributed by atoms with Gasteiger partial charge < -0.3 is 9.26 Å². The summed E-state index contributed by atoms with van der Waals surface area (Å²) in [5.74, 6) is 1.24. The molecule has 0 aliphatic carbocycles. The Morgan fingerprint density at radius 3 is 2.47 bits per heavy atom. The SMILES string of the molecule is COPC[C@H](C)[C@H](C)COCc1ccccc1. The second-order valence-electron chi connectivity index (χ2n) is 4.51. The average Bonchev–Trinajstić information content (AvgIpc) is 2.37. The van der Waals surface area contributed by atoms with E-state index < -0.39 is 0 Å². The summed E-state index contributed by atoms with van der Waals surface area (Å²) in [4.78, 5) is 0. The van der Waals surface area contributed by atoms with Crippen LogP contribution < -0.4 is 0 Å². The molecule has 0 aliphatic heterocycles. The third-order valence-corrected chi connectivity index (χ3v) is 4.11. The van der Waals surface area contributed by atoms with E-state index in [4.69, 9.17) is 9.26 Å². The van der Waals surface area contributed by atoms with Gasteiger partial charge in [-0.05, 0) is 23.6 Å². The molecule has 1 aromatic rings. The van der Waals surface area contributed by atoms with Crippen LogP contribution in [0, 0.1) is 11.8 Å². The molecule has 0 radical (unpaired) electrons. The summed E-state index contributed by atoms with van der Waals surface area (Å²) < 4.78 is 10.9. The highest BCUT2D eigenvalue weighted by atomic mass is 31.1. The van der Waals surface area contributed by atoms with Crippen LogP contribution in [0.5, 0.6) is 0 Å². The summed E-state index contributed by atoms with van der Waals surface area (Å²) in [7, 11) is 2.38. The topological polar surface area (TPSA) is 18.5 Å². The first-order chi connectivity index (χ1) is 8.24. The summed E-state index contributed by atoms with van der Waals surface area (Å²) >= 11 is 0. The third kappa shape index (κ3) is 6.16. The highest BCUT2D eigenvalue weighted by molar-refractivity contribution is 7.32. The molecule has 2 nitrogen and oxygen atoms in total. The van der Waals surface area contributed by atoms with E-state index in [1.165, 1.54) is 5.56 Å². The zero-order valence-electron chi connectivity index (χ0n) is 11.0. The second kappa shape index (κ2) is 8.63. The fourth-order valence-corrected chi connectivity index (χ4v) is 2.35. The number of hydrogen-bond donors (Lipinski definition) is 0. The fourth-order valence-electron chi connectivity index (χ4n) is 1.52. The van der Waals surface area contributed by atoms with Crippen LogP contribution >= 0.6 is 8.81 Å². The van der Waals surface area contributed by atoms with Gasteiger partial charge in [0.15, 0.2) is 0 Å². The maximum Gasteiger partial charge on any atom is 0.0717 e. The van der Waals surface area contributed by atoms with Gasteiger partial charge in [0.25, 0.3) is 0 Å². The van der Waals surface area contributed by atoms with Crippen LogP contribution in [0.2, 0.25) is 0 Å². The average molecular weight is 254 g/mol. The van der Waals surface area contributed by atoms with E-state index >= 15 is 0 Å². The third-order valence-electron chi connectivity index (χ3n) is 3.01. The summed E-state index contributed by atoms with van der Waals surface area (Å²) in [5, 5.41) is 0. The molecule has 1 unspecified atom stereocenters. The van der Waals surface area contributed by atoms with Crippen LogP contribution in [-0.2, 0) is 15.9 Å². The van der Waals surface area contributed by atoms with E-state index in [0.29, 0.717) is 27.3 Å². The first kappa shape index (κ1) is 14.6. The molecular formula is C14H23O2P. The number of rotatable bonds is 8. The van der Waals surface area contributed by atoms with Gasteiger partial charge in [0.05, 0.1) is 6.61 Å². The van der Waals surface area contributed by atoms with Gasteiger partial charge in [0.2, 0.25) is 0 Å². The predicted molar refractivity (Wildman–Crippen MR) is 74.6 cm³/mol. The van der Waals surface area contributed by atoms with Crippen LogP contribution in [0.15, 0.2) is 30.3 Å². The fraction of sp³-hybridized carbons (Fsp3) is 0.571. The minimum atomic E-state index is 0.585. The smallest absolute Gasteiger partial charge is 0.0717 e.